The number of aromatic hydroxyl groups is 1. The Morgan fingerprint density at radius 2 is 1.57 bits per heavy atom. The van der Waals surface area contributed by atoms with E-state index in [1.807, 2.05) is 59.3 Å². The number of phenolic OH excluding ortho intramolecular Hbond substituents is 1. The van der Waals surface area contributed by atoms with Gasteiger partial charge in [0.15, 0.2) is 0 Å². The van der Waals surface area contributed by atoms with Gasteiger partial charge in [0.25, 0.3) is 0 Å². The maximum atomic E-state index is 11.4. The Bertz CT molecular complexity index is 1020. The molecule has 0 radical (unpaired) electrons. The van der Waals surface area contributed by atoms with E-state index in [1.165, 1.54) is 0 Å². The Morgan fingerprint density at radius 1 is 0.870 bits per heavy atom. The van der Waals surface area contributed by atoms with Gasteiger partial charge < -0.3 is 9.67 Å². The van der Waals surface area contributed by atoms with Crippen molar-refractivity contribution in [2.45, 2.75) is 6.54 Å². The second-order valence-electron chi connectivity index (χ2n) is 5.53. The fourth-order valence-electron chi connectivity index (χ4n) is 3.11. The number of phenols is 1. The molecule has 112 valence electrons. The van der Waals surface area contributed by atoms with Gasteiger partial charge in [-0.1, -0.05) is 54.6 Å². The second-order valence-corrected chi connectivity index (χ2v) is 5.53. The van der Waals surface area contributed by atoms with Crippen LogP contribution < -0.4 is 0 Å². The molecule has 3 aromatic carbocycles. The molecule has 0 aliphatic rings. The van der Waals surface area contributed by atoms with E-state index in [2.05, 4.69) is 5.18 Å². The minimum absolute atomic E-state index is 0.184. The average molecular weight is 302 g/mol. The fourth-order valence-corrected chi connectivity index (χ4v) is 3.11. The standard InChI is InChI=1S/C19H14N2O2/c22-19-15-9-5-4-8-14(15)17(20-23)16-10-11-21(18(16)19)12-13-6-2-1-3-7-13/h1-11,22H,12H2. The Kier molecular flexibility index (Phi) is 3.08. The summed E-state index contributed by atoms with van der Waals surface area (Å²) in [6.45, 7) is 0.620. The predicted octanol–water partition coefficient (Wildman–Crippen LogP) is 4.95. The van der Waals surface area contributed by atoms with E-state index < -0.39 is 0 Å². The third kappa shape index (κ3) is 2.07. The lowest BCUT2D eigenvalue weighted by Gasteiger charge is -2.10. The number of hydrogen-bond donors (Lipinski definition) is 1. The van der Waals surface area contributed by atoms with Crippen molar-refractivity contribution in [2.24, 2.45) is 5.18 Å². The summed E-state index contributed by atoms with van der Waals surface area (Å²) in [7, 11) is 0. The zero-order valence-electron chi connectivity index (χ0n) is 12.3. The molecule has 0 aliphatic heterocycles. The minimum atomic E-state index is 0.184. The van der Waals surface area contributed by atoms with Crippen molar-refractivity contribution in [3.63, 3.8) is 0 Å². The Hall–Kier alpha value is -3.14. The zero-order chi connectivity index (χ0) is 15.8. The summed E-state index contributed by atoms with van der Waals surface area (Å²) in [6.07, 6.45) is 1.88. The summed E-state index contributed by atoms with van der Waals surface area (Å²) in [5.41, 5.74) is 2.14. The van der Waals surface area contributed by atoms with Crippen molar-refractivity contribution in [2.75, 3.05) is 0 Å². The third-order valence-corrected chi connectivity index (χ3v) is 4.17. The van der Waals surface area contributed by atoms with Gasteiger partial charge in [0.2, 0.25) is 0 Å². The van der Waals surface area contributed by atoms with E-state index in [1.54, 1.807) is 12.1 Å². The molecule has 0 amide bonds. The molecule has 0 saturated carbocycles. The zero-order valence-corrected chi connectivity index (χ0v) is 12.3. The van der Waals surface area contributed by atoms with Gasteiger partial charge in [-0.25, -0.2) is 0 Å². The van der Waals surface area contributed by atoms with Gasteiger partial charge in [-0.05, 0) is 16.8 Å². The SMILES string of the molecule is O=Nc1c2ccccc2c(O)c2c1ccn2Cc1ccccc1. The summed E-state index contributed by atoms with van der Waals surface area (Å²) in [5.74, 6) is 0.184. The second kappa shape index (κ2) is 5.25. The summed E-state index contributed by atoms with van der Waals surface area (Å²) in [6, 6.07) is 19.1. The number of benzene rings is 3. The molecule has 1 N–H and O–H groups in total. The topological polar surface area (TPSA) is 54.6 Å². The number of aromatic nitrogens is 1. The first kappa shape index (κ1) is 13.5. The van der Waals surface area contributed by atoms with Crippen LogP contribution in [0.25, 0.3) is 21.7 Å². The van der Waals surface area contributed by atoms with Crippen LogP contribution in [0.15, 0.2) is 72.0 Å². The van der Waals surface area contributed by atoms with Crippen LogP contribution in [0.3, 0.4) is 0 Å². The van der Waals surface area contributed by atoms with Gasteiger partial charge in [-0.15, -0.1) is 4.91 Å². The van der Waals surface area contributed by atoms with E-state index >= 15 is 0 Å². The first-order valence-corrected chi connectivity index (χ1v) is 7.39. The average Bonchev–Trinajstić information content (AvgIpc) is 3.00. The van der Waals surface area contributed by atoms with E-state index in [9.17, 15) is 10.0 Å². The van der Waals surface area contributed by atoms with Crippen LogP contribution in [-0.4, -0.2) is 9.67 Å². The highest BCUT2D eigenvalue weighted by molar-refractivity contribution is 6.13. The van der Waals surface area contributed by atoms with Crippen molar-refractivity contribution in [3.8, 4) is 5.75 Å². The van der Waals surface area contributed by atoms with Gasteiger partial charge in [-0.3, -0.25) is 0 Å². The van der Waals surface area contributed by atoms with E-state index in [0.717, 1.165) is 5.56 Å². The Labute approximate surface area is 132 Å². The molecular formula is C19H14N2O2. The van der Waals surface area contributed by atoms with Crippen LogP contribution in [0.1, 0.15) is 5.56 Å². The van der Waals surface area contributed by atoms with Crippen LogP contribution in [0.5, 0.6) is 5.75 Å². The third-order valence-electron chi connectivity index (χ3n) is 4.17. The summed E-state index contributed by atoms with van der Waals surface area (Å²) >= 11 is 0. The molecule has 1 heterocycles. The number of hydrogen-bond acceptors (Lipinski definition) is 3. The number of rotatable bonds is 3. The van der Waals surface area contributed by atoms with Crippen molar-refractivity contribution >= 4 is 27.4 Å². The highest BCUT2D eigenvalue weighted by Gasteiger charge is 2.17. The summed E-state index contributed by atoms with van der Waals surface area (Å²) in [5, 5.41) is 15.9. The van der Waals surface area contributed by atoms with E-state index in [0.29, 0.717) is 33.9 Å². The van der Waals surface area contributed by atoms with Gasteiger partial charge in [0.1, 0.15) is 11.4 Å². The molecular weight excluding hydrogens is 288 g/mol. The highest BCUT2D eigenvalue weighted by Crippen LogP contribution is 2.42. The molecule has 4 heteroatoms. The molecule has 0 spiro atoms. The van der Waals surface area contributed by atoms with Gasteiger partial charge in [-0.2, -0.15) is 0 Å². The molecule has 0 atom stereocenters. The van der Waals surface area contributed by atoms with Crippen LogP contribution in [0.2, 0.25) is 0 Å². The quantitative estimate of drug-likeness (QED) is 0.545. The smallest absolute Gasteiger partial charge is 0.147 e. The van der Waals surface area contributed by atoms with Crippen molar-refractivity contribution in [3.05, 3.63) is 77.3 Å². The van der Waals surface area contributed by atoms with Crippen LogP contribution in [-0.2, 0) is 6.54 Å². The maximum absolute atomic E-state index is 11.4. The van der Waals surface area contributed by atoms with E-state index in [4.69, 9.17) is 0 Å². The summed E-state index contributed by atoms with van der Waals surface area (Å²) in [4.78, 5) is 11.4. The Morgan fingerprint density at radius 3 is 2.30 bits per heavy atom. The fraction of sp³-hybridized carbons (Fsp3) is 0.0526. The first-order valence-electron chi connectivity index (χ1n) is 7.39. The van der Waals surface area contributed by atoms with Crippen LogP contribution in [0.4, 0.5) is 5.69 Å². The van der Waals surface area contributed by atoms with Crippen LogP contribution >= 0.6 is 0 Å². The maximum Gasteiger partial charge on any atom is 0.147 e. The number of nitroso groups, excluding NO2 is 1. The molecule has 4 aromatic rings. The molecule has 4 nitrogen and oxygen atoms in total. The lowest BCUT2D eigenvalue weighted by molar-refractivity contribution is 0.484. The molecule has 0 unspecified atom stereocenters. The van der Waals surface area contributed by atoms with Gasteiger partial charge >= 0.3 is 0 Å². The molecule has 4 rings (SSSR count). The molecule has 23 heavy (non-hydrogen) atoms. The predicted molar refractivity (Wildman–Crippen MR) is 92.1 cm³/mol. The minimum Gasteiger partial charge on any atom is -0.505 e. The van der Waals surface area contributed by atoms with Crippen molar-refractivity contribution in [1.29, 1.82) is 0 Å². The van der Waals surface area contributed by atoms with Crippen LogP contribution in [0, 0.1) is 4.91 Å². The lowest BCUT2D eigenvalue weighted by Crippen LogP contribution is -1.97. The lowest BCUT2D eigenvalue weighted by atomic mass is 10.0. The first-order chi connectivity index (χ1) is 11.3. The van der Waals surface area contributed by atoms with Gasteiger partial charge in [0, 0.05) is 28.9 Å². The summed E-state index contributed by atoms with van der Waals surface area (Å²) < 4.78 is 1.95. The largest absolute Gasteiger partial charge is 0.505 e. The van der Waals surface area contributed by atoms with Crippen molar-refractivity contribution < 1.29 is 5.11 Å². The number of fused-ring (bicyclic) bond motifs is 2. The molecule has 0 fully saturated rings. The van der Waals surface area contributed by atoms with Crippen molar-refractivity contribution in [1.82, 2.24) is 4.57 Å². The highest BCUT2D eigenvalue weighted by atomic mass is 16.3. The normalized spacial score (nSPS) is 11.1. The Balaban J connectivity index is 2.01. The molecule has 0 aliphatic carbocycles. The monoisotopic (exact) mass is 302 g/mol. The van der Waals surface area contributed by atoms with E-state index in [-0.39, 0.29) is 5.75 Å². The molecule has 1 aromatic heterocycles. The molecule has 0 saturated heterocycles. The van der Waals surface area contributed by atoms with Gasteiger partial charge in [0.05, 0.1) is 5.52 Å². The molecule has 0 bridgehead atoms. The number of nitrogens with zero attached hydrogens (tertiary/aromatic N) is 2.